The molecule has 0 spiro atoms. The van der Waals surface area contributed by atoms with Gasteiger partial charge in [0.15, 0.2) is 6.29 Å². The summed E-state index contributed by atoms with van der Waals surface area (Å²) < 4.78 is 6.55. The lowest BCUT2D eigenvalue weighted by atomic mass is 10.1. The number of carbonyl (C=O) groups is 1. The van der Waals surface area contributed by atoms with Gasteiger partial charge in [0.25, 0.3) is 5.56 Å². The third-order valence-electron chi connectivity index (χ3n) is 3.31. The Bertz CT molecular complexity index is 897. The third-order valence-corrected chi connectivity index (χ3v) is 3.31. The molecule has 2 aromatic heterocycles. The van der Waals surface area contributed by atoms with Gasteiger partial charge in [0.1, 0.15) is 5.75 Å². The van der Waals surface area contributed by atoms with E-state index in [0.29, 0.717) is 28.5 Å². The number of nitrogens with zero attached hydrogens (tertiary/aromatic N) is 2. The van der Waals surface area contributed by atoms with Crippen molar-refractivity contribution in [2.75, 3.05) is 7.11 Å². The van der Waals surface area contributed by atoms with Crippen LogP contribution in [0.5, 0.6) is 5.75 Å². The van der Waals surface area contributed by atoms with Gasteiger partial charge in [-0.15, -0.1) is 0 Å². The highest BCUT2D eigenvalue weighted by atomic mass is 16.5. The van der Waals surface area contributed by atoms with E-state index < -0.39 is 0 Å². The summed E-state index contributed by atoms with van der Waals surface area (Å²) in [6.45, 7) is 0. The van der Waals surface area contributed by atoms with Gasteiger partial charge in [-0.2, -0.15) is 0 Å². The van der Waals surface area contributed by atoms with Gasteiger partial charge >= 0.3 is 0 Å². The lowest BCUT2D eigenvalue weighted by molar-refractivity contribution is 0.112. The number of hydrogen-bond acceptors (Lipinski definition) is 4. The zero-order chi connectivity index (χ0) is 14.3. The second-order valence-electron chi connectivity index (χ2n) is 4.56. The number of rotatable bonds is 2. The van der Waals surface area contributed by atoms with Crippen molar-refractivity contribution >= 4 is 28.1 Å². The number of pyridine rings is 2. The maximum absolute atomic E-state index is 12.2. The quantitative estimate of drug-likeness (QED) is 0.526. The third kappa shape index (κ3) is 1.75. The van der Waals surface area contributed by atoms with Crippen molar-refractivity contribution in [2.45, 2.75) is 0 Å². The first-order valence-corrected chi connectivity index (χ1v) is 6.07. The van der Waals surface area contributed by atoms with Crippen LogP contribution < -0.4 is 10.3 Å². The smallest absolute Gasteiger partial charge is 0.259 e. The minimum atomic E-state index is -0.178. The predicted octanol–water partition coefficient (Wildman–Crippen LogP) is 1.91. The molecule has 0 fully saturated rings. The number of benzene rings is 1. The van der Waals surface area contributed by atoms with E-state index >= 15 is 0 Å². The highest BCUT2D eigenvalue weighted by Crippen LogP contribution is 2.23. The molecule has 0 bridgehead atoms. The number of ether oxygens (including phenoxy) is 1. The summed E-state index contributed by atoms with van der Waals surface area (Å²) in [7, 11) is 3.20. The van der Waals surface area contributed by atoms with Gasteiger partial charge in [0.2, 0.25) is 0 Å². The first-order valence-electron chi connectivity index (χ1n) is 6.07. The summed E-state index contributed by atoms with van der Waals surface area (Å²) in [5.74, 6) is 0.696. The van der Waals surface area contributed by atoms with E-state index in [2.05, 4.69) is 4.98 Å². The number of methoxy groups -OCH3 is 1. The monoisotopic (exact) mass is 268 g/mol. The molecule has 0 saturated heterocycles. The Morgan fingerprint density at radius 2 is 2.10 bits per heavy atom. The molecule has 1 aromatic carbocycles. The number of aromatic nitrogens is 2. The van der Waals surface area contributed by atoms with E-state index in [1.807, 2.05) is 6.07 Å². The zero-order valence-corrected chi connectivity index (χ0v) is 11.1. The van der Waals surface area contributed by atoms with Crippen LogP contribution in [-0.2, 0) is 7.05 Å². The fraction of sp³-hybridized carbons (Fsp3) is 0.133. The Morgan fingerprint density at radius 3 is 2.80 bits per heavy atom. The minimum absolute atomic E-state index is 0.178. The molecular formula is C15H12N2O3. The molecule has 0 aliphatic rings. The second-order valence-corrected chi connectivity index (χ2v) is 4.56. The van der Waals surface area contributed by atoms with Crippen LogP contribution in [0.2, 0.25) is 0 Å². The Morgan fingerprint density at radius 1 is 1.30 bits per heavy atom. The van der Waals surface area contributed by atoms with Gasteiger partial charge in [-0.3, -0.25) is 9.59 Å². The molecule has 20 heavy (non-hydrogen) atoms. The molecule has 100 valence electrons. The Hall–Kier alpha value is -2.69. The standard InChI is InChI=1S/C15H12N2O3/c1-17-7-10(8-18)14-12(15(17)19)6-9-5-11(20-2)3-4-13(9)16-14/h3-8H,1-2H3. The molecule has 0 aliphatic heterocycles. The number of carbonyl (C=O) groups excluding carboxylic acids is 1. The van der Waals surface area contributed by atoms with Crippen molar-refractivity contribution in [3.63, 3.8) is 0 Å². The molecule has 0 N–H and O–H groups in total. The SMILES string of the molecule is COc1ccc2nc3c(C=O)cn(C)c(=O)c3cc2c1. The molecule has 0 aliphatic carbocycles. The van der Waals surface area contributed by atoms with E-state index in [1.54, 1.807) is 32.4 Å². The van der Waals surface area contributed by atoms with Crippen molar-refractivity contribution in [1.29, 1.82) is 0 Å². The number of hydrogen-bond donors (Lipinski definition) is 0. The largest absolute Gasteiger partial charge is 0.497 e. The normalized spacial score (nSPS) is 10.9. The Kier molecular flexibility index (Phi) is 2.75. The van der Waals surface area contributed by atoms with Crippen molar-refractivity contribution in [1.82, 2.24) is 9.55 Å². The fourth-order valence-electron chi connectivity index (χ4n) is 2.27. The molecule has 0 atom stereocenters. The van der Waals surface area contributed by atoms with E-state index in [4.69, 9.17) is 4.74 Å². The first-order chi connectivity index (χ1) is 9.63. The number of fused-ring (bicyclic) bond motifs is 2. The average molecular weight is 268 g/mol. The van der Waals surface area contributed by atoms with Crippen molar-refractivity contribution in [3.05, 3.63) is 46.4 Å². The topological polar surface area (TPSA) is 61.2 Å². The minimum Gasteiger partial charge on any atom is -0.497 e. The Balaban J connectivity index is 2.49. The maximum atomic E-state index is 12.2. The maximum Gasteiger partial charge on any atom is 0.259 e. The molecule has 5 nitrogen and oxygen atoms in total. The van der Waals surface area contributed by atoms with Crippen LogP contribution in [0, 0.1) is 0 Å². The summed E-state index contributed by atoms with van der Waals surface area (Å²) in [4.78, 5) is 27.7. The lowest BCUT2D eigenvalue weighted by Gasteiger charge is -2.07. The summed E-state index contributed by atoms with van der Waals surface area (Å²) in [5.41, 5.74) is 1.37. The molecule has 0 amide bonds. The molecule has 0 saturated carbocycles. The summed E-state index contributed by atoms with van der Waals surface area (Å²) in [6.07, 6.45) is 2.21. The second kappa shape index (κ2) is 4.45. The lowest BCUT2D eigenvalue weighted by Crippen LogP contribution is -2.17. The summed E-state index contributed by atoms with van der Waals surface area (Å²) >= 11 is 0. The van der Waals surface area contributed by atoms with Gasteiger partial charge in [0.05, 0.1) is 29.1 Å². The molecule has 5 heteroatoms. The van der Waals surface area contributed by atoms with Crippen LogP contribution in [0.1, 0.15) is 10.4 Å². The summed E-state index contributed by atoms with van der Waals surface area (Å²) in [5, 5.41) is 1.23. The van der Waals surface area contributed by atoms with Gasteiger partial charge < -0.3 is 9.30 Å². The molecule has 0 unspecified atom stereocenters. The van der Waals surface area contributed by atoms with Crippen LogP contribution in [0.4, 0.5) is 0 Å². The molecule has 3 aromatic rings. The zero-order valence-electron chi connectivity index (χ0n) is 11.1. The van der Waals surface area contributed by atoms with E-state index in [9.17, 15) is 9.59 Å². The van der Waals surface area contributed by atoms with Crippen LogP contribution in [0.15, 0.2) is 35.3 Å². The molecule has 2 heterocycles. The number of aldehydes is 1. The van der Waals surface area contributed by atoms with Gasteiger partial charge in [-0.05, 0) is 24.3 Å². The first kappa shape index (κ1) is 12.3. The van der Waals surface area contributed by atoms with E-state index in [0.717, 1.165) is 10.9 Å². The molecule has 3 rings (SSSR count). The average Bonchev–Trinajstić information content (AvgIpc) is 2.48. The predicted molar refractivity (Wildman–Crippen MR) is 76.4 cm³/mol. The van der Waals surface area contributed by atoms with Gasteiger partial charge in [0, 0.05) is 18.6 Å². The Labute approximate surface area is 114 Å². The van der Waals surface area contributed by atoms with Crippen LogP contribution in [-0.4, -0.2) is 22.9 Å². The van der Waals surface area contributed by atoms with Crippen molar-refractivity contribution in [3.8, 4) is 5.75 Å². The highest BCUT2D eigenvalue weighted by Gasteiger charge is 2.10. The van der Waals surface area contributed by atoms with E-state index in [-0.39, 0.29) is 5.56 Å². The van der Waals surface area contributed by atoms with E-state index in [1.165, 1.54) is 10.8 Å². The summed E-state index contributed by atoms with van der Waals surface area (Å²) in [6, 6.07) is 7.16. The molecular weight excluding hydrogens is 256 g/mol. The molecule has 0 radical (unpaired) electrons. The van der Waals surface area contributed by atoms with Gasteiger partial charge in [-0.25, -0.2) is 4.98 Å². The fourth-order valence-corrected chi connectivity index (χ4v) is 2.27. The van der Waals surface area contributed by atoms with Crippen LogP contribution >= 0.6 is 0 Å². The number of aryl methyl sites for hydroxylation is 1. The van der Waals surface area contributed by atoms with Crippen LogP contribution in [0.3, 0.4) is 0 Å². The van der Waals surface area contributed by atoms with Gasteiger partial charge in [-0.1, -0.05) is 0 Å². The highest BCUT2D eigenvalue weighted by molar-refractivity contribution is 6.00. The van der Waals surface area contributed by atoms with Crippen LogP contribution in [0.25, 0.3) is 21.8 Å². The van der Waals surface area contributed by atoms with Crippen molar-refractivity contribution in [2.24, 2.45) is 7.05 Å². The van der Waals surface area contributed by atoms with Crippen molar-refractivity contribution < 1.29 is 9.53 Å².